The molecule has 2 heterocycles. The summed E-state index contributed by atoms with van der Waals surface area (Å²) in [6.07, 6.45) is 1.70. The number of para-hydroxylation sites is 1. The Kier molecular flexibility index (Phi) is 3.42. The number of nitrogens with zero attached hydrogens (tertiary/aromatic N) is 4. The average molecular weight is 293 g/mol. The summed E-state index contributed by atoms with van der Waals surface area (Å²) in [7, 11) is 0. The van der Waals surface area contributed by atoms with Crippen molar-refractivity contribution in [2.45, 2.75) is 12.5 Å². The Labute approximate surface area is 120 Å². The van der Waals surface area contributed by atoms with Crippen molar-refractivity contribution >= 4 is 17.5 Å². The predicted molar refractivity (Wildman–Crippen MR) is 72.9 cm³/mol. The first-order chi connectivity index (χ1) is 9.65. The first kappa shape index (κ1) is 13.1. The number of hydrogen-bond acceptors (Lipinski definition) is 4. The maximum Gasteiger partial charge on any atom is 0.276 e. The highest BCUT2D eigenvalue weighted by Crippen LogP contribution is 2.19. The second-order valence-electron chi connectivity index (χ2n) is 4.69. The van der Waals surface area contributed by atoms with E-state index in [9.17, 15) is 9.90 Å². The van der Waals surface area contributed by atoms with Crippen LogP contribution in [-0.4, -0.2) is 50.1 Å². The van der Waals surface area contributed by atoms with E-state index in [1.807, 2.05) is 12.1 Å². The van der Waals surface area contributed by atoms with Crippen molar-refractivity contribution < 1.29 is 9.90 Å². The first-order valence-corrected chi connectivity index (χ1v) is 6.67. The molecule has 1 aromatic carbocycles. The third-order valence-electron chi connectivity index (χ3n) is 3.26. The molecule has 1 aliphatic rings. The molecule has 0 bridgehead atoms. The van der Waals surface area contributed by atoms with E-state index in [4.69, 9.17) is 11.6 Å². The third kappa shape index (κ3) is 2.39. The lowest BCUT2D eigenvalue weighted by Gasteiger charge is -2.12. The summed E-state index contributed by atoms with van der Waals surface area (Å²) in [6.45, 7) is 0.886. The highest BCUT2D eigenvalue weighted by molar-refractivity contribution is 6.32. The van der Waals surface area contributed by atoms with E-state index in [0.29, 0.717) is 30.2 Å². The number of carbonyl (C=O) groups excluding carboxylic acids is 1. The van der Waals surface area contributed by atoms with Crippen molar-refractivity contribution in [3.05, 3.63) is 41.2 Å². The summed E-state index contributed by atoms with van der Waals surface area (Å²) >= 11 is 6.08. The van der Waals surface area contributed by atoms with Gasteiger partial charge in [-0.25, -0.2) is 4.68 Å². The van der Waals surface area contributed by atoms with Crippen LogP contribution in [0.3, 0.4) is 0 Å². The van der Waals surface area contributed by atoms with E-state index in [1.54, 1.807) is 23.2 Å². The Bertz CT molecular complexity index is 643. The van der Waals surface area contributed by atoms with Crippen LogP contribution in [0.25, 0.3) is 5.69 Å². The molecule has 0 aliphatic carbocycles. The fourth-order valence-electron chi connectivity index (χ4n) is 2.21. The van der Waals surface area contributed by atoms with Crippen LogP contribution in [0.15, 0.2) is 30.5 Å². The number of hydrogen-bond donors (Lipinski definition) is 1. The van der Waals surface area contributed by atoms with Crippen molar-refractivity contribution in [1.82, 2.24) is 19.9 Å². The highest BCUT2D eigenvalue weighted by atomic mass is 35.5. The number of likely N-dealkylation sites (tertiary alicyclic amines) is 1. The molecule has 0 saturated carbocycles. The Morgan fingerprint density at radius 1 is 1.40 bits per heavy atom. The zero-order valence-corrected chi connectivity index (χ0v) is 11.4. The molecule has 1 aliphatic heterocycles. The molecule has 1 fully saturated rings. The number of amides is 1. The van der Waals surface area contributed by atoms with Crippen LogP contribution in [0.1, 0.15) is 16.9 Å². The van der Waals surface area contributed by atoms with E-state index >= 15 is 0 Å². The SMILES string of the molecule is O=C(c1cn(-c2ccccc2Cl)nn1)N1CC[C@@H](O)C1. The van der Waals surface area contributed by atoms with Crippen LogP contribution >= 0.6 is 11.6 Å². The zero-order chi connectivity index (χ0) is 14.1. The van der Waals surface area contributed by atoms with Gasteiger partial charge in [-0.1, -0.05) is 28.9 Å². The summed E-state index contributed by atoms with van der Waals surface area (Å²) in [5, 5.41) is 17.8. The Morgan fingerprint density at radius 2 is 2.20 bits per heavy atom. The van der Waals surface area contributed by atoms with E-state index in [-0.39, 0.29) is 11.6 Å². The third-order valence-corrected chi connectivity index (χ3v) is 3.58. The summed E-state index contributed by atoms with van der Waals surface area (Å²) in [6, 6.07) is 7.20. The summed E-state index contributed by atoms with van der Waals surface area (Å²) < 4.78 is 1.47. The van der Waals surface area contributed by atoms with E-state index in [2.05, 4.69) is 10.3 Å². The standard InChI is InChI=1S/C13H13ClN4O2/c14-10-3-1-2-4-12(10)18-8-11(15-16-18)13(20)17-6-5-9(19)7-17/h1-4,8-9,19H,5-7H2/t9-/m1/s1. The number of aromatic nitrogens is 3. The Hall–Kier alpha value is -1.92. The predicted octanol–water partition coefficient (Wildman–Crippen LogP) is 1.13. The minimum absolute atomic E-state index is 0.222. The molecular weight excluding hydrogens is 280 g/mol. The minimum atomic E-state index is -0.447. The molecule has 104 valence electrons. The maximum absolute atomic E-state index is 12.2. The van der Waals surface area contributed by atoms with Gasteiger partial charge in [0.15, 0.2) is 5.69 Å². The molecule has 0 spiro atoms. The van der Waals surface area contributed by atoms with Gasteiger partial charge in [-0.2, -0.15) is 0 Å². The molecule has 20 heavy (non-hydrogen) atoms. The molecule has 1 saturated heterocycles. The Balaban J connectivity index is 1.84. The molecule has 0 unspecified atom stereocenters. The van der Waals surface area contributed by atoms with Crippen LogP contribution in [0.2, 0.25) is 5.02 Å². The highest BCUT2D eigenvalue weighted by Gasteiger charge is 2.27. The second kappa shape index (κ2) is 5.22. The van der Waals surface area contributed by atoms with Gasteiger partial charge in [0.05, 0.1) is 23.0 Å². The quantitative estimate of drug-likeness (QED) is 0.900. The van der Waals surface area contributed by atoms with Gasteiger partial charge >= 0.3 is 0 Å². The first-order valence-electron chi connectivity index (χ1n) is 6.30. The molecule has 3 rings (SSSR count). The number of aliphatic hydroxyl groups is 1. The number of halogens is 1. The van der Waals surface area contributed by atoms with Crippen LogP contribution in [0.5, 0.6) is 0 Å². The van der Waals surface area contributed by atoms with Crippen LogP contribution < -0.4 is 0 Å². The Morgan fingerprint density at radius 3 is 2.90 bits per heavy atom. The topological polar surface area (TPSA) is 71.2 Å². The molecule has 7 heteroatoms. The molecule has 1 N–H and O–H groups in total. The molecule has 1 amide bonds. The maximum atomic E-state index is 12.2. The zero-order valence-electron chi connectivity index (χ0n) is 10.6. The normalized spacial score (nSPS) is 18.5. The lowest BCUT2D eigenvalue weighted by atomic mass is 10.3. The number of rotatable bonds is 2. The summed E-state index contributed by atoms with van der Waals surface area (Å²) in [5.41, 5.74) is 0.918. The lowest BCUT2D eigenvalue weighted by molar-refractivity contribution is 0.0759. The number of carbonyl (C=O) groups is 1. The van der Waals surface area contributed by atoms with E-state index < -0.39 is 6.10 Å². The van der Waals surface area contributed by atoms with Crippen molar-refractivity contribution in [2.24, 2.45) is 0 Å². The van der Waals surface area contributed by atoms with Crippen LogP contribution in [-0.2, 0) is 0 Å². The fraction of sp³-hybridized carbons (Fsp3) is 0.308. The second-order valence-corrected chi connectivity index (χ2v) is 5.10. The molecule has 1 aromatic heterocycles. The van der Waals surface area contributed by atoms with Crippen LogP contribution in [0.4, 0.5) is 0 Å². The van der Waals surface area contributed by atoms with Gasteiger partial charge in [-0.05, 0) is 18.6 Å². The summed E-state index contributed by atoms with van der Waals surface area (Å²) in [4.78, 5) is 13.8. The van der Waals surface area contributed by atoms with Gasteiger partial charge in [0.2, 0.25) is 0 Å². The van der Waals surface area contributed by atoms with Gasteiger partial charge < -0.3 is 10.0 Å². The number of aliphatic hydroxyl groups excluding tert-OH is 1. The lowest BCUT2D eigenvalue weighted by Crippen LogP contribution is -2.29. The van der Waals surface area contributed by atoms with Gasteiger partial charge in [0.1, 0.15) is 0 Å². The van der Waals surface area contributed by atoms with E-state index in [1.165, 1.54) is 4.68 Å². The van der Waals surface area contributed by atoms with Gasteiger partial charge in [0, 0.05) is 13.1 Å². The molecule has 2 aromatic rings. The van der Waals surface area contributed by atoms with Crippen molar-refractivity contribution in [2.75, 3.05) is 13.1 Å². The minimum Gasteiger partial charge on any atom is -0.391 e. The smallest absolute Gasteiger partial charge is 0.276 e. The number of β-amino-alcohol motifs (C(OH)–C–C–N with tert-alkyl or cyclic N) is 1. The van der Waals surface area contributed by atoms with Gasteiger partial charge in [0.25, 0.3) is 5.91 Å². The average Bonchev–Trinajstić information content (AvgIpc) is 3.07. The largest absolute Gasteiger partial charge is 0.391 e. The van der Waals surface area contributed by atoms with Gasteiger partial charge in [-0.3, -0.25) is 4.79 Å². The van der Waals surface area contributed by atoms with Crippen molar-refractivity contribution in [1.29, 1.82) is 0 Å². The molecule has 1 atom stereocenters. The van der Waals surface area contributed by atoms with Crippen molar-refractivity contribution in [3.8, 4) is 5.69 Å². The molecule has 0 radical (unpaired) electrons. The molecule has 6 nitrogen and oxygen atoms in total. The number of benzene rings is 1. The van der Waals surface area contributed by atoms with Crippen molar-refractivity contribution in [3.63, 3.8) is 0 Å². The van der Waals surface area contributed by atoms with Gasteiger partial charge in [-0.15, -0.1) is 5.10 Å². The monoisotopic (exact) mass is 292 g/mol. The summed E-state index contributed by atoms with van der Waals surface area (Å²) in [5.74, 6) is -0.222. The fourth-order valence-corrected chi connectivity index (χ4v) is 2.43. The van der Waals surface area contributed by atoms with E-state index in [0.717, 1.165) is 0 Å². The van der Waals surface area contributed by atoms with Crippen LogP contribution in [0, 0.1) is 0 Å². The molecular formula is C13H13ClN4O2.